The van der Waals surface area contributed by atoms with Crippen molar-refractivity contribution in [3.63, 3.8) is 0 Å². The summed E-state index contributed by atoms with van der Waals surface area (Å²) >= 11 is 0. The van der Waals surface area contributed by atoms with Crippen LogP contribution in [-0.2, 0) is 11.2 Å². The summed E-state index contributed by atoms with van der Waals surface area (Å²) in [6, 6.07) is 10.6. The molecule has 1 saturated heterocycles. The number of carbonyl (C=O) groups excluding carboxylic acids is 1. The van der Waals surface area contributed by atoms with Crippen LogP contribution in [0.2, 0.25) is 0 Å². The largest absolute Gasteiger partial charge is 0.303 e. The van der Waals surface area contributed by atoms with Gasteiger partial charge in [0.05, 0.1) is 0 Å². The molecule has 0 unspecified atom stereocenters. The lowest BCUT2D eigenvalue weighted by Gasteiger charge is -2.30. The molecule has 1 aliphatic heterocycles. The molecular formula is C15H21NO. The molecule has 1 aromatic rings. The third-order valence-electron chi connectivity index (χ3n) is 3.72. The molecule has 0 saturated carbocycles. The Morgan fingerprint density at radius 1 is 1.24 bits per heavy atom. The quantitative estimate of drug-likeness (QED) is 0.793. The minimum atomic E-state index is 0.322. The molecule has 1 fully saturated rings. The van der Waals surface area contributed by atoms with Crippen LogP contribution >= 0.6 is 0 Å². The lowest BCUT2D eigenvalue weighted by molar-refractivity contribution is -0.122. The minimum Gasteiger partial charge on any atom is -0.303 e. The van der Waals surface area contributed by atoms with Crippen molar-refractivity contribution in [2.75, 3.05) is 19.6 Å². The van der Waals surface area contributed by atoms with E-state index in [0.717, 1.165) is 38.9 Å². The smallest absolute Gasteiger partial charge is 0.133 e. The van der Waals surface area contributed by atoms with Gasteiger partial charge in [-0.05, 0) is 44.8 Å². The number of ketones is 1. The van der Waals surface area contributed by atoms with Crippen LogP contribution in [0, 0.1) is 5.92 Å². The van der Waals surface area contributed by atoms with Crippen LogP contribution in [-0.4, -0.2) is 30.3 Å². The molecule has 0 atom stereocenters. The Kier molecular flexibility index (Phi) is 4.32. The van der Waals surface area contributed by atoms with Crippen molar-refractivity contribution in [3.05, 3.63) is 35.9 Å². The van der Waals surface area contributed by atoms with Gasteiger partial charge in [-0.3, -0.25) is 4.79 Å². The number of nitrogens with zero attached hydrogens (tertiary/aromatic N) is 1. The minimum absolute atomic E-state index is 0.322. The van der Waals surface area contributed by atoms with Gasteiger partial charge < -0.3 is 4.90 Å². The number of hydrogen-bond acceptors (Lipinski definition) is 2. The van der Waals surface area contributed by atoms with Crippen LogP contribution in [0.25, 0.3) is 0 Å². The van der Waals surface area contributed by atoms with E-state index in [2.05, 4.69) is 35.2 Å². The average molecular weight is 231 g/mol. The maximum Gasteiger partial charge on any atom is 0.133 e. The number of piperidine rings is 1. The van der Waals surface area contributed by atoms with E-state index in [0.29, 0.717) is 11.7 Å². The van der Waals surface area contributed by atoms with Gasteiger partial charge in [-0.25, -0.2) is 0 Å². The molecule has 92 valence electrons. The highest BCUT2D eigenvalue weighted by molar-refractivity contribution is 5.78. The van der Waals surface area contributed by atoms with Gasteiger partial charge in [-0.15, -0.1) is 0 Å². The van der Waals surface area contributed by atoms with Crippen LogP contribution in [0.5, 0.6) is 0 Å². The second-order valence-electron chi connectivity index (χ2n) is 4.96. The molecule has 1 aromatic carbocycles. The van der Waals surface area contributed by atoms with Crippen LogP contribution < -0.4 is 0 Å². The summed E-state index contributed by atoms with van der Waals surface area (Å²) in [5.41, 5.74) is 1.40. The first-order valence-corrected chi connectivity index (χ1v) is 6.52. The van der Waals surface area contributed by atoms with Crippen LogP contribution in [0.1, 0.15) is 25.3 Å². The Balaban J connectivity index is 1.74. The van der Waals surface area contributed by atoms with E-state index >= 15 is 0 Å². The molecule has 0 N–H and O–H groups in total. The lowest BCUT2D eigenvalue weighted by Crippen LogP contribution is -2.36. The van der Waals surface area contributed by atoms with Gasteiger partial charge in [0, 0.05) is 12.5 Å². The van der Waals surface area contributed by atoms with E-state index in [-0.39, 0.29) is 0 Å². The SMILES string of the molecule is CC(=O)C1CCN(CCc2ccccc2)CC1. The Labute approximate surface area is 104 Å². The predicted molar refractivity (Wildman–Crippen MR) is 70.0 cm³/mol. The van der Waals surface area contributed by atoms with Crippen molar-refractivity contribution in [3.8, 4) is 0 Å². The molecule has 0 aromatic heterocycles. The first-order chi connectivity index (χ1) is 8.25. The molecule has 2 heteroatoms. The Morgan fingerprint density at radius 3 is 2.47 bits per heavy atom. The highest BCUT2D eigenvalue weighted by Crippen LogP contribution is 2.18. The summed E-state index contributed by atoms with van der Waals surface area (Å²) < 4.78 is 0. The zero-order valence-corrected chi connectivity index (χ0v) is 10.6. The third-order valence-corrected chi connectivity index (χ3v) is 3.72. The van der Waals surface area contributed by atoms with Gasteiger partial charge in [0.25, 0.3) is 0 Å². The fourth-order valence-corrected chi connectivity index (χ4v) is 2.49. The van der Waals surface area contributed by atoms with Crippen molar-refractivity contribution in [2.45, 2.75) is 26.2 Å². The average Bonchev–Trinajstić information content (AvgIpc) is 2.38. The van der Waals surface area contributed by atoms with Crippen LogP contribution in [0.4, 0.5) is 0 Å². The highest BCUT2D eigenvalue weighted by atomic mass is 16.1. The van der Waals surface area contributed by atoms with Crippen molar-refractivity contribution >= 4 is 5.78 Å². The van der Waals surface area contributed by atoms with Gasteiger partial charge in [-0.1, -0.05) is 30.3 Å². The van der Waals surface area contributed by atoms with E-state index in [4.69, 9.17) is 0 Å². The fourth-order valence-electron chi connectivity index (χ4n) is 2.49. The Bertz CT molecular complexity index is 352. The highest BCUT2D eigenvalue weighted by Gasteiger charge is 2.21. The van der Waals surface area contributed by atoms with Gasteiger partial charge in [-0.2, -0.15) is 0 Å². The zero-order chi connectivity index (χ0) is 12.1. The van der Waals surface area contributed by atoms with E-state index < -0.39 is 0 Å². The third kappa shape index (κ3) is 3.67. The molecular weight excluding hydrogens is 210 g/mol. The van der Waals surface area contributed by atoms with Crippen molar-refractivity contribution in [1.29, 1.82) is 0 Å². The summed E-state index contributed by atoms with van der Waals surface area (Å²) in [5.74, 6) is 0.690. The molecule has 1 aliphatic rings. The molecule has 0 amide bonds. The molecule has 2 rings (SSSR count). The molecule has 0 aliphatic carbocycles. The molecule has 2 nitrogen and oxygen atoms in total. The number of likely N-dealkylation sites (tertiary alicyclic amines) is 1. The van der Waals surface area contributed by atoms with E-state index in [1.165, 1.54) is 5.56 Å². The first kappa shape index (κ1) is 12.3. The summed E-state index contributed by atoms with van der Waals surface area (Å²) in [4.78, 5) is 13.7. The lowest BCUT2D eigenvalue weighted by atomic mass is 9.93. The Morgan fingerprint density at radius 2 is 1.88 bits per heavy atom. The van der Waals surface area contributed by atoms with E-state index in [9.17, 15) is 4.79 Å². The predicted octanol–water partition coefficient (Wildman–Crippen LogP) is 2.53. The van der Waals surface area contributed by atoms with Crippen LogP contribution in [0.3, 0.4) is 0 Å². The monoisotopic (exact) mass is 231 g/mol. The number of benzene rings is 1. The van der Waals surface area contributed by atoms with Gasteiger partial charge in [0.15, 0.2) is 0 Å². The fraction of sp³-hybridized carbons (Fsp3) is 0.533. The zero-order valence-electron chi connectivity index (χ0n) is 10.6. The van der Waals surface area contributed by atoms with Gasteiger partial charge >= 0.3 is 0 Å². The molecule has 17 heavy (non-hydrogen) atoms. The van der Waals surface area contributed by atoms with Crippen molar-refractivity contribution in [2.24, 2.45) is 5.92 Å². The molecule has 1 heterocycles. The number of rotatable bonds is 4. The second kappa shape index (κ2) is 5.97. The topological polar surface area (TPSA) is 20.3 Å². The summed E-state index contributed by atoms with van der Waals surface area (Å²) in [7, 11) is 0. The van der Waals surface area contributed by atoms with E-state index in [1.54, 1.807) is 6.92 Å². The number of carbonyl (C=O) groups is 1. The molecule has 0 bridgehead atoms. The van der Waals surface area contributed by atoms with E-state index in [1.807, 2.05) is 0 Å². The number of hydrogen-bond donors (Lipinski definition) is 0. The normalized spacial score (nSPS) is 18.2. The standard InChI is InChI=1S/C15H21NO/c1-13(17)15-8-11-16(12-9-15)10-7-14-5-3-2-4-6-14/h2-6,15H,7-12H2,1H3. The van der Waals surface area contributed by atoms with Gasteiger partial charge in [0.2, 0.25) is 0 Å². The summed E-state index contributed by atoms with van der Waals surface area (Å²) in [6.45, 7) is 5.01. The Hall–Kier alpha value is -1.15. The van der Waals surface area contributed by atoms with Gasteiger partial charge in [0.1, 0.15) is 5.78 Å². The summed E-state index contributed by atoms with van der Waals surface area (Å²) in [5, 5.41) is 0. The first-order valence-electron chi connectivity index (χ1n) is 6.52. The molecule has 0 radical (unpaired) electrons. The van der Waals surface area contributed by atoms with Crippen molar-refractivity contribution < 1.29 is 4.79 Å². The van der Waals surface area contributed by atoms with Crippen molar-refractivity contribution in [1.82, 2.24) is 4.90 Å². The maximum absolute atomic E-state index is 11.3. The second-order valence-corrected chi connectivity index (χ2v) is 4.96. The van der Waals surface area contributed by atoms with Crippen LogP contribution in [0.15, 0.2) is 30.3 Å². The summed E-state index contributed by atoms with van der Waals surface area (Å²) in [6.07, 6.45) is 3.21. The maximum atomic E-state index is 11.3. The molecule has 0 spiro atoms. The number of Topliss-reactive ketones (excluding diaryl/α,β-unsaturated/α-hetero) is 1.